The van der Waals surface area contributed by atoms with Crippen molar-refractivity contribution in [3.05, 3.63) is 65.4 Å². The van der Waals surface area contributed by atoms with E-state index in [0.717, 1.165) is 61.3 Å². The number of hydrogen-bond donors (Lipinski definition) is 0. The largest absolute Gasteiger partial charge is 0.465 e. The van der Waals surface area contributed by atoms with Crippen LogP contribution < -0.4 is 4.90 Å². The van der Waals surface area contributed by atoms with E-state index in [1.165, 1.54) is 18.4 Å². The average Bonchev–Trinajstić information content (AvgIpc) is 3.00. The van der Waals surface area contributed by atoms with E-state index in [1.54, 1.807) is 0 Å². The Labute approximate surface area is 171 Å². The van der Waals surface area contributed by atoms with Crippen molar-refractivity contribution in [2.24, 2.45) is 0 Å². The highest BCUT2D eigenvalue weighted by molar-refractivity contribution is 6.06. The molecule has 0 spiro atoms. The van der Waals surface area contributed by atoms with Gasteiger partial charge in [0, 0.05) is 42.8 Å². The van der Waals surface area contributed by atoms with Crippen LogP contribution in [-0.2, 0) is 11.3 Å². The first kappa shape index (κ1) is 18.3. The first-order valence-corrected chi connectivity index (χ1v) is 10.5. The van der Waals surface area contributed by atoms with Crippen molar-refractivity contribution in [3.8, 4) is 0 Å². The summed E-state index contributed by atoms with van der Waals surface area (Å²) in [6, 6.07) is 17.0. The molecular weight excluding hydrogens is 362 g/mol. The minimum Gasteiger partial charge on any atom is -0.465 e. The van der Waals surface area contributed by atoms with Gasteiger partial charge in [0.2, 0.25) is 0 Å². The zero-order valence-corrected chi connectivity index (χ0v) is 17.1. The lowest BCUT2D eigenvalue weighted by atomic mass is 10.0. The molecule has 2 aliphatic rings. The van der Waals surface area contributed by atoms with E-state index in [-0.39, 0.29) is 12.0 Å². The van der Waals surface area contributed by atoms with E-state index in [1.807, 2.05) is 12.1 Å². The van der Waals surface area contributed by atoms with E-state index in [9.17, 15) is 4.79 Å². The normalized spacial score (nSPS) is 18.7. The van der Waals surface area contributed by atoms with Crippen LogP contribution in [0.1, 0.15) is 41.0 Å². The average molecular weight is 389 g/mol. The predicted molar refractivity (Wildman–Crippen MR) is 116 cm³/mol. The molecule has 5 rings (SSSR count). The number of para-hydroxylation sites is 2. The minimum atomic E-state index is -0.242. The Hall–Kier alpha value is -2.79. The van der Waals surface area contributed by atoms with Crippen molar-refractivity contribution in [1.82, 2.24) is 9.47 Å². The number of hydrogen-bond acceptors (Lipinski definition) is 4. The summed E-state index contributed by atoms with van der Waals surface area (Å²) in [7, 11) is 1.48. The highest BCUT2D eigenvalue weighted by atomic mass is 16.5. The van der Waals surface area contributed by atoms with Crippen LogP contribution in [0.2, 0.25) is 0 Å². The fraction of sp³-hybridized carbons (Fsp3) is 0.375. The summed E-state index contributed by atoms with van der Waals surface area (Å²) in [6.07, 6.45) is 1.14. The standard InChI is InChI=1S/C24H27N3O2/c1-3-12-25-13-14-26-19-10-6-4-8-17(19)15-27-20-11-7-5-9-18(20)22(24(28)29-2)23(27)21(26)16-25/h4-11,21H,3,12-16H2,1-2H3. The maximum atomic E-state index is 13.0. The van der Waals surface area contributed by atoms with Crippen molar-refractivity contribution in [2.75, 3.05) is 38.2 Å². The van der Waals surface area contributed by atoms with Crippen LogP contribution >= 0.6 is 0 Å². The Bertz CT molecular complexity index is 1070. The second-order valence-corrected chi connectivity index (χ2v) is 7.99. The molecule has 29 heavy (non-hydrogen) atoms. The van der Waals surface area contributed by atoms with Gasteiger partial charge in [0.25, 0.3) is 0 Å². The van der Waals surface area contributed by atoms with Crippen LogP contribution in [0.3, 0.4) is 0 Å². The molecule has 1 saturated heterocycles. The Kier molecular flexibility index (Phi) is 4.55. The van der Waals surface area contributed by atoms with Gasteiger partial charge >= 0.3 is 5.97 Å². The molecule has 5 heteroatoms. The Morgan fingerprint density at radius 3 is 2.72 bits per heavy atom. The topological polar surface area (TPSA) is 37.7 Å². The number of anilines is 1. The molecule has 0 amide bonds. The number of carbonyl (C=O) groups excluding carboxylic acids is 1. The first-order chi connectivity index (χ1) is 14.2. The SMILES string of the molecule is CCCN1CCN2c3ccccc3Cn3c(c(C(=O)OC)c4ccccc43)C2C1. The lowest BCUT2D eigenvalue weighted by Crippen LogP contribution is -2.49. The lowest BCUT2D eigenvalue weighted by molar-refractivity contribution is 0.0600. The molecule has 1 aromatic heterocycles. The zero-order valence-electron chi connectivity index (χ0n) is 17.1. The van der Waals surface area contributed by atoms with Gasteiger partial charge in [-0.1, -0.05) is 43.3 Å². The predicted octanol–water partition coefficient (Wildman–Crippen LogP) is 4.06. The third kappa shape index (κ3) is 2.84. The summed E-state index contributed by atoms with van der Waals surface area (Å²) in [4.78, 5) is 18.0. The Morgan fingerprint density at radius 2 is 1.90 bits per heavy atom. The number of fused-ring (bicyclic) bond motifs is 7. The number of carbonyl (C=O) groups is 1. The Morgan fingerprint density at radius 1 is 1.10 bits per heavy atom. The highest BCUT2D eigenvalue weighted by Crippen LogP contribution is 2.42. The molecule has 2 aliphatic heterocycles. The minimum absolute atomic E-state index is 0.125. The van der Waals surface area contributed by atoms with E-state index in [4.69, 9.17) is 4.74 Å². The third-order valence-electron chi connectivity index (χ3n) is 6.35. The van der Waals surface area contributed by atoms with Gasteiger partial charge in [-0.3, -0.25) is 4.90 Å². The van der Waals surface area contributed by atoms with Crippen molar-refractivity contribution in [1.29, 1.82) is 0 Å². The quantitative estimate of drug-likeness (QED) is 0.633. The molecule has 0 N–H and O–H groups in total. The van der Waals surface area contributed by atoms with Crippen molar-refractivity contribution in [3.63, 3.8) is 0 Å². The van der Waals surface area contributed by atoms with Crippen LogP contribution in [0.5, 0.6) is 0 Å². The number of benzene rings is 2. The second kappa shape index (κ2) is 7.23. The number of esters is 1. The molecule has 3 aromatic rings. The van der Waals surface area contributed by atoms with Gasteiger partial charge in [-0.25, -0.2) is 4.79 Å². The fourth-order valence-corrected chi connectivity index (χ4v) is 5.13. The van der Waals surface area contributed by atoms with Crippen LogP contribution in [0, 0.1) is 0 Å². The van der Waals surface area contributed by atoms with Gasteiger partial charge in [-0.05, 0) is 30.7 Å². The van der Waals surface area contributed by atoms with Gasteiger partial charge < -0.3 is 14.2 Å². The molecule has 1 atom stereocenters. The molecule has 1 unspecified atom stereocenters. The number of rotatable bonds is 3. The number of aromatic nitrogens is 1. The van der Waals surface area contributed by atoms with Gasteiger partial charge in [0.05, 0.1) is 24.4 Å². The van der Waals surface area contributed by atoms with Gasteiger partial charge in [0.15, 0.2) is 0 Å². The molecule has 0 bridgehead atoms. The van der Waals surface area contributed by atoms with E-state index < -0.39 is 0 Å². The van der Waals surface area contributed by atoms with Crippen LogP contribution in [0.15, 0.2) is 48.5 Å². The number of piperazine rings is 1. The number of ether oxygens (including phenoxy) is 1. The summed E-state index contributed by atoms with van der Waals surface area (Å²) < 4.78 is 7.60. The maximum absolute atomic E-state index is 13.0. The number of nitrogens with zero attached hydrogens (tertiary/aromatic N) is 3. The van der Waals surface area contributed by atoms with Crippen molar-refractivity contribution >= 4 is 22.6 Å². The lowest BCUT2D eigenvalue weighted by Gasteiger charge is -2.42. The van der Waals surface area contributed by atoms with Gasteiger partial charge in [-0.15, -0.1) is 0 Å². The van der Waals surface area contributed by atoms with E-state index in [0.29, 0.717) is 0 Å². The number of methoxy groups -OCH3 is 1. The maximum Gasteiger partial charge on any atom is 0.340 e. The first-order valence-electron chi connectivity index (χ1n) is 10.5. The highest BCUT2D eigenvalue weighted by Gasteiger charge is 2.38. The van der Waals surface area contributed by atoms with E-state index >= 15 is 0 Å². The van der Waals surface area contributed by atoms with Gasteiger partial charge in [0.1, 0.15) is 0 Å². The van der Waals surface area contributed by atoms with Crippen LogP contribution in [0.25, 0.3) is 10.9 Å². The fourth-order valence-electron chi connectivity index (χ4n) is 5.13. The molecule has 0 saturated carbocycles. The summed E-state index contributed by atoms with van der Waals surface area (Å²) in [6.45, 7) is 7.01. The molecule has 3 heterocycles. The smallest absolute Gasteiger partial charge is 0.340 e. The molecule has 1 fully saturated rings. The summed E-state index contributed by atoms with van der Waals surface area (Å²) in [5, 5.41) is 0.987. The Balaban J connectivity index is 1.78. The summed E-state index contributed by atoms with van der Waals surface area (Å²) in [5.41, 5.74) is 5.51. The molecule has 5 nitrogen and oxygen atoms in total. The zero-order chi connectivity index (χ0) is 20.0. The third-order valence-corrected chi connectivity index (χ3v) is 6.35. The van der Waals surface area contributed by atoms with E-state index in [2.05, 4.69) is 57.7 Å². The molecular formula is C24H27N3O2. The molecule has 2 aromatic carbocycles. The monoisotopic (exact) mass is 389 g/mol. The van der Waals surface area contributed by atoms with Crippen LogP contribution in [0.4, 0.5) is 5.69 Å². The van der Waals surface area contributed by atoms with Crippen molar-refractivity contribution in [2.45, 2.75) is 25.9 Å². The molecule has 150 valence electrons. The summed E-state index contributed by atoms with van der Waals surface area (Å²) >= 11 is 0. The van der Waals surface area contributed by atoms with Crippen molar-refractivity contribution < 1.29 is 9.53 Å². The second-order valence-electron chi connectivity index (χ2n) is 7.99. The molecule has 0 aliphatic carbocycles. The van der Waals surface area contributed by atoms with Gasteiger partial charge in [-0.2, -0.15) is 0 Å². The summed E-state index contributed by atoms with van der Waals surface area (Å²) in [5.74, 6) is -0.242. The van der Waals surface area contributed by atoms with Crippen LogP contribution in [-0.4, -0.2) is 48.7 Å². The molecule has 0 radical (unpaired) electrons.